The Balaban J connectivity index is 3.06. The monoisotopic (exact) mass is 260 g/mol. The van der Waals surface area contributed by atoms with E-state index in [4.69, 9.17) is 15.3 Å². The summed E-state index contributed by atoms with van der Waals surface area (Å²) in [5.41, 5.74) is 1.03. The third kappa shape index (κ3) is 3.69. The lowest BCUT2D eigenvalue weighted by atomic mass is 10.2. The molecule has 0 aromatic heterocycles. The first-order valence-corrected chi connectivity index (χ1v) is 6.42. The number of nitrogens with zero attached hydrogens (tertiary/aromatic N) is 3. The van der Waals surface area contributed by atoms with Crippen molar-refractivity contribution in [3.63, 3.8) is 0 Å². The average molecular weight is 260 g/mol. The molecule has 0 fully saturated rings. The highest BCUT2D eigenvalue weighted by Crippen LogP contribution is 2.24. The van der Waals surface area contributed by atoms with Crippen molar-refractivity contribution in [2.75, 3.05) is 12.9 Å². The molecule has 0 radical (unpaired) electrons. The number of benzene rings is 1. The Bertz CT molecular complexity index is 528. The Hall–Kier alpha value is -2.18. The van der Waals surface area contributed by atoms with Crippen molar-refractivity contribution in [2.45, 2.75) is 6.92 Å². The number of amidine groups is 1. The largest absolute Gasteiger partial charge is 0.492 e. The Kier molecular flexibility index (Phi) is 5.56. The number of nitrogens with one attached hydrogen (secondary N) is 1. The fourth-order valence-corrected chi connectivity index (χ4v) is 1.59. The van der Waals surface area contributed by atoms with Crippen LogP contribution in [0.4, 0.5) is 5.69 Å². The van der Waals surface area contributed by atoms with Gasteiger partial charge in [-0.3, -0.25) is 5.32 Å². The highest BCUT2D eigenvalue weighted by Gasteiger charge is 2.04. The van der Waals surface area contributed by atoms with Gasteiger partial charge >= 0.3 is 0 Å². The summed E-state index contributed by atoms with van der Waals surface area (Å²) in [6.07, 6.45) is 3.62. The molecule has 6 heteroatoms. The van der Waals surface area contributed by atoms with Gasteiger partial charge in [-0.25, -0.2) is 4.99 Å². The van der Waals surface area contributed by atoms with Gasteiger partial charge in [0.1, 0.15) is 11.8 Å². The van der Waals surface area contributed by atoms with Crippen molar-refractivity contribution >= 4 is 22.6 Å². The molecule has 1 N–H and O–H groups in total. The Labute approximate surface area is 110 Å². The van der Waals surface area contributed by atoms with Gasteiger partial charge in [0.2, 0.25) is 0 Å². The summed E-state index contributed by atoms with van der Waals surface area (Å²) in [6, 6.07) is 7.12. The molecule has 1 aromatic carbocycles. The van der Waals surface area contributed by atoms with Crippen LogP contribution >= 0.6 is 11.8 Å². The predicted molar refractivity (Wildman–Crippen MR) is 71.7 cm³/mol. The molecule has 0 saturated heterocycles. The van der Waals surface area contributed by atoms with E-state index in [0.29, 0.717) is 28.8 Å². The van der Waals surface area contributed by atoms with Crippen LogP contribution in [0.25, 0.3) is 0 Å². The van der Waals surface area contributed by atoms with E-state index in [1.54, 1.807) is 18.2 Å². The van der Waals surface area contributed by atoms with Crippen LogP contribution in [0.15, 0.2) is 23.2 Å². The molecule has 0 unspecified atom stereocenters. The van der Waals surface area contributed by atoms with Crippen molar-refractivity contribution in [3.05, 3.63) is 23.8 Å². The van der Waals surface area contributed by atoms with Crippen LogP contribution < -0.4 is 10.1 Å². The van der Waals surface area contributed by atoms with Crippen molar-refractivity contribution < 1.29 is 4.74 Å². The van der Waals surface area contributed by atoms with E-state index in [2.05, 4.69) is 16.4 Å². The van der Waals surface area contributed by atoms with Crippen LogP contribution in [0, 0.1) is 22.8 Å². The first kappa shape index (κ1) is 13.9. The van der Waals surface area contributed by atoms with Gasteiger partial charge in [-0.2, -0.15) is 10.5 Å². The van der Waals surface area contributed by atoms with Gasteiger partial charge in [-0.15, -0.1) is 0 Å². The predicted octanol–water partition coefficient (Wildman–Crippen LogP) is 2.38. The van der Waals surface area contributed by atoms with E-state index in [9.17, 15) is 0 Å². The van der Waals surface area contributed by atoms with E-state index in [-0.39, 0.29) is 0 Å². The zero-order valence-corrected chi connectivity index (χ0v) is 10.9. The van der Waals surface area contributed by atoms with Gasteiger partial charge in [0, 0.05) is 0 Å². The maximum absolute atomic E-state index is 9.01. The summed E-state index contributed by atoms with van der Waals surface area (Å²) >= 11 is 1.32. The maximum Gasteiger partial charge on any atom is 0.183 e. The molecule has 0 heterocycles. The number of aliphatic imine (C=N–C) groups is 1. The molecule has 0 spiro atoms. The molecule has 0 atom stereocenters. The molecule has 0 aliphatic carbocycles. The Morgan fingerprint density at radius 1 is 1.50 bits per heavy atom. The van der Waals surface area contributed by atoms with E-state index in [1.807, 2.05) is 19.4 Å². The second-order valence-corrected chi connectivity index (χ2v) is 3.88. The second-order valence-electron chi connectivity index (χ2n) is 3.08. The fourth-order valence-electron chi connectivity index (χ4n) is 1.25. The van der Waals surface area contributed by atoms with E-state index in [0.717, 1.165) is 0 Å². The molecular weight excluding hydrogens is 248 g/mol. The normalized spacial score (nSPS) is 10.3. The molecule has 0 aliphatic rings. The molecule has 0 saturated carbocycles. The highest BCUT2D eigenvalue weighted by atomic mass is 32.2. The minimum atomic E-state index is 0.426. The van der Waals surface area contributed by atoms with Gasteiger partial charge in [0.05, 0.1) is 17.9 Å². The average Bonchev–Trinajstić information content (AvgIpc) is 2.40. The topological polar surface area (TPSA) is 81.2 Å². The first-order valence-electron chi connectivity index (χ1n) is 5.19. The van der Waals surface area contributed by atoms with Gasteiger partial charge < -0.3 is 4.74 Å². The first-order chi connectivity index (χ1) is 8.74. The quantitative estimate of drug-likeness (QED) is 0.390. The van der Waals surface area contributed by atoms with Crippen LogP contribution in [-0.4, -0.2) is 18.0 Å². The lowest BCUT2D eigenvalue weighted by Crippen LogP contribution is -2.12. The number of ether oxygens (including phenoxy) is 1. The smallest absolute Gasteiger partial charge is 0.183 e. The van der Waals surface area contributed by atoms with Crippen molar-refractivity contribution in [1.82, 2.24) is 5.32 Å². The number of hydrogen-bond acceptors (Lipinski definition) is 5. The van der Waals surface area contributed by atoms with E-state index in [1.165, 1.54) is 11.8 Å². The highest BCUT2D eigenvalue weighted by molar-refractivity contribution is 8.13. The molecule has 5 nitrogen and oxygen atoms in total. The van der Waals surface area contributed by atoms with E-state index >= 15 is 0 Å². The number of nitriles is 2. The van der Waals surface area contributed by atoms with E-state index < -0.39 is 0 Å². The zero-order valence-electron chi connectivity index (χ0n) is 10.1. The van der Waals surface area contributed by atoms with Gasteiger partial charge in [0.25, 0.3) is 0 Å². The maximum atomic E-state index is 9.01. The van der Waals surface area contributed by atoms with Crippen LogP contribution in [0.1, 0.15) is 12.5 Å². The Morgan fingerprint density at radius 2 is 2.28 bits per heavy atom. The summed E-state index contributed by atoms with van der Waals surface area (Å²) in [6.45, 7) is 2.36. The van der Waals surface area contributed by atoms with Crippen LogP contribution in [0.2, 0.25) is 0 Å². The molecular formula is C12H12N4OS. The molecule has 0 aliphatic heterocycles. The summed E-state index contributed by atoms with van der Waals surface area (Å²) in [4.78, 5) is 4.22. The summed E-state index contributed by atoms with van der Waals surface area (Å²) in [7, 11) is 0. The van der Waals surface area contributed by atoms with Crippen molar-refractivity contribution in [3.8, 4) is 18.0 Å². The zero-order chi connectivity index (χ0) is 13.4. The standard InChI is InChI=1S/C12H12N4OS/c1-3-17-11-5-4-10(6-9(11)7-13)16-12(18-2)15-8-14/h4-6H,3H2,1-2H3,(H,15,16). The lowest BCUT2D eigenvalue weighted by Gasteiger charge is -2.06. The van der Waals surface area contributed by atoms with Crippen LogP contribution in [0.5, 0.6) is 5.75 Å². The number of hydrogen-bond donors (Lipinski definition) is 1. The minimum absolute atomic E-state index is 0.426. The third-order valence-electron chi connectivity index (χ3n) is 1.97. The van der Waals surface area contributed by atoms with Crippen molar-refractivity contribution in [2.24, 2.45) is 4.99 Å². The molecule has 0 amide bonds. The number of rotatable bonds is 3. The van der Waals surface area contributed by atoms with Crippen molar-refractivity contribution in [1.29, 1.82) is 10.5 Å². The van der Waals surface area contributed by atoms with Gasteiger partial charge in [0.15, 0.2) is 11.4 Å². The molecule has 92 valence electrons. The van der Waals surface area contributed by atoms with Crippen LogP contribution in [0.3, 0.4) is 0 Å². The third-order valence-corrected chi connectivity index (χ3v) is 2.55. The van der Waals surface area contributed by atoms with Gasteiger partial charge in [-0.1, -0.05) is 11.8 Å². The van der Waals surface area contributed by atoms with Gasteiger partial charge in [-0.05, 0) is 31.4 Å². The number of thioether (sulfide) groups is 1. The molecule has 0 bridgehead atoms. The summed E-state index contributed by atoms with van der Waals surface area (Å²) < 4.78 is 5.32. The molecule has 18 heavy (non-hydrogen) atoms. The summed E-state index contributed by atoms with van der Waals surface area (Å²) in [5.74, 6) is 0.540. The fraction of sp³-hybridized carbons (Fsp3) is 0.250. The molecule has 1 rings (SSSR count). The van der Waals surface area contributed by atoms with Crippen LogP contribution in [-0.2, 0) is 0 Å². The molecule has 1 aromatic rings. The Morgan fingerprint density at radius 3 is 2.83 bits per heavy atom. The minimum Gasteiger partial charge on any atom is -0.492 e. The lowest BCUT2D eigenvalue weighted by molar-refractivity contribution is 0.339. The SMILES string of the molecule is CCOc1ccc(N=C(NC#N)SC)cc1C#N. The second kappa shape index (κ2) is 7.21. The summed E-state index contributed by atoms with van der Waals surface area (Å²) in [5, 5.41) is 20.5.